The highest BCUT2D eigenvalue weighted by molar-refractivity contribution is 6.30. The van der Waals surface area contributed by atoms with Gasteiger partial charge in [0, 0.05) is 29.9 Å². The van der Waals surface area contributed by atoms with E-state index in [4.69, 9.17) is 11.6 Å². The number of rotatable bonds is 3. The molecule has 128 valence electrons. The van der Waals surface area contributed by atoms with Crippen molar-refractivity contribution in [1.82, 2.24) is 20.2 Å². The van der Waals surface area contributed by atoms with Crippen LogP contribution in [-0.4, -0.2) is 42.0 Å². The minimum Gasteiger partial charge on any atom is -0.506 e. The minimum absolute atomic E-state index is 0.0669. The molecule has 0 aromatic carbocycles. The fraction of sp³-hybridized carbons (Fsp3) is 0.294. The van der Waals surface area contributed by atoms with Crippen LogP contribution < -0.4 is 5.32 Å². The van der Waals surface area contributed by atoms with Gasteiger partial charge in [-0.25, -0.2) is 4.98 Å². The summed E-state index contributed by atoms with van der Waals surface area (Å²) >= 11 is 5.85. The summed E-state index contributed by atoms with van der Waals surface area (Å²) in [7, 11) is 0. The highest BCUT2D eigenvalue weighted by Gasteiger charge is 2.38. The Morgan fingerprint density at radius 3 is 2.76 bits per heavy atom. The topological polar surface area (TPSA) is 104 Å². The van der Waals surface area contributed by atoms with Crippen LogP contribution in [0.15, 0.2) is 30.6 Å². The van der Waals surface area contributed by atoms with Gasteiger partial charge in [0.2, 0.25) is 0 Å². The molecule has 0 saturated heterocycles. The predicted molar refractivity (Wildman–Crippen MR) is 94.5 cm³/mol. The van der Waals surface area contributed by atoms with Gasteiger partial charge in [-0.1, -0.05) is 11.6 Å². The number of nitrogens with zero attached hydrogens (tertiary/aromatic N) is 4. The molecule has 1 fully saturated rings. The molecule has 8 heteroatoms. The molecule has 3 aromatic rings. The Hall–Kier alpha value is -2.51. The van der Waals surface area contributed by atoms with Gasteiger partial charge >= 0.3 is 0 Å². The monoisotopic (exact) mass is 357 g/mol. The second-order valence-electron chi connectivity index (χ2n) is 6.56. The van der Waals surface area contributed by atoms with E-state index in [9.17, 15) is 10.2 Å². The van der Waals surface area contributed by atoms with Crippen LogP contribution in [0.25, 0.3) is 22.3 Å². The lowest BCUT2D eigenvalue weighted by Crippen LogP contribution is -2.48. The van der Waals surface area contributed by atoms with Gasteiger partial charge < -0.3 is 15.5 Å². The molecule has 0 amide bonds. The maximum atomic E-state index is 10.1. The Bertz CT molecular complexity index is 955. The van der Waals surface area contributed by atoms with Crippen LogP contribution >= 0.6 is 11.6 Å². The van der Waals surface area contributed by atoms with Gasteiger partial charge in [-0.3, -0.25) is 4.98 Å². The summed E-state index contributed by atoms with van der Waals surface area (Å²) < 4.78 is 0. The Morgan fingerprint density at radius 1 is 1.24 bits per heavy atom. The summed E-state index contributed by atoms with van der Waals surface area (Å²) in [6.45, 7) is 1.81. The maximum absolute atomic E-state index is 10.1. The molecule has 1 aliphatic carbocycles. The molecule has 1 saturated carbocycles. The first-order valence-electron chi connectivity index (χ1n) is 7.88. The third-order valence-corrected chi connectivity index (χ3v) is 4.52. The molecule has 0 atom stereocenters. The van der Waals surface area contributed by atoms with Gasteiger partial charge in [0.1, 0.15) is 22.7 Å². The lowest BCUT2D eigenvalue weighted by atomic mass is 9.77. The van der Waals surface area contributed by atoms with Crippen LogP contribution in [0.2, 0.25) is 5.02 Å². The van der Waals surface area contributed by atoms with Gasteiger partial charge in [-0.05, 0) is 31.9 Å². The van der Waals surface area contributed by atoms with Crippen molar-refractivity contribution in [2.75, 3.05) is 5.32 Å². The van der Waals surface area contributed by atoms with Crippen LogP contribution in [0, 0.1) is 0 Å². The van der Waals surface area contributed by atoms with Crippen LogP contribution in [0.4, 0.5) is 5.82 Å². The van der Waals surface area contributed by atoms with E-state index in [0.717, 1.165) is 5.39 Å². The zero-order valence-corrected chi connectivity index (χ0v) is 14.2. The Kier molecular flexibility index (Phi) is 3.70. The third-order valence-electron chi connectivity index (χ3n) is 4.31. The number of anilines is 1. The first-order valence-corrected chi connectivity index (χ1v) is 8.26. The number of aromatic hydroxyl groups is 1. The fourth-order valence-corrected chi connectivity index (χ4v) is 3.32. The number of hydrogen-bond donors (Lipinski definition) is 3. The second-order valence-corrected chi connectivity index (χ2v) is 7.00. The van der Waals surface area contributed by atoms with Gasteiger partial charge in [0.25, 0.3) is 0 Å². The van der Waals surface area contributed by atoms with E-state index >= 15 is 0 Å². The van der Waals surface area contributed by atoms with Gasteiger partial charge in [0.15, 0.2) is 5.82 Å². The Morgan fingerprint density at radius 2 is 2.04 bits per heavy atom. The summed E-state index contributed by atoms with van der Waals surface area (Å²) in [5, 5.41) is 32.8. The third kappa shape index (κ3) is 2.96. The SMILES string of the molecule is CC1(O)CC(Nc2nnc(-c3ncc(Cl)cc3O)c3cccnc23)C1. The van der Waals surface area contributed by atoms with Crippen molar-refractivity contribution in [3.05, 3.63) is 35.6 Å². The zero-order valence-electron chi connectivity index (χ0n) is 13.4. The highest BCUT2D eigenvalue weighted by atomic mass is 35.5. The van der Waals surface area contributed by atoms with Crippen LogP contribution in [0.5, 0.6) is 5.75 Å². The van der Waals surface area contributed by atoms with Crippen molar-refractivity contribution in [1.29, 1.82) is 0 Å². The maximum Gasteiger partial charge on any atom is 0.175 e. The number of aromatic nitrogens is 4. The molecule has 0 radical (unpaired) electrons. The average Bonchev–Trinajstić information content (AvgIpc) is 2.54. The zero-order chi connectivity index (χ0) is 17.6. The Labute approximate surface area is 148 Å². The van der Waals surface area contributed by atoms with Crippen LogP contribution in [-0.2, 0) is 0 Å². The van der Waals surface area contributed by atoms with E-state index in [-0.39, 0.29) is 11.8 Å². The number of nitrogens with one attached hydrogen (secondary N) is 1. The minimum atomic E-state index is -0.632. The fourth-order valence-electron chi connectivity index (χ4n) is 3.17. The second kappa shape index (κ2) is 5.79. The lowest BCUT2D eigenvalue weighted by Gasteiger charge is -2.41. The summed E-state index contributed by atoms with van der Waals surface area (Å²) in [4.78, 5) is 8.57. The van der Waals surface area contributed by atoms with Crippen molar-refractivity contribution in [3.8, 4) is 17.1 Å². The first kappa shape index (κ1) is 16.0. The van der Waals surface area contributed by atoms with Crippen LogP contribution in [0.3, 0.4) is 0 Å². The normalized spacial score (nSPS) is 22.6. The Balaban J connectivity index is 1.77. The summed E-state index contributed by atoms with van der Waals surface area (Å²) in [5.41, 5.74) is 0.736. The molecule has 3 heterocycles. The lowest BCUT2D eigenvalue weighted by molar-refractivity contribution is -0.0235. The number of halogens is 1. The largest absolute Gasteiger partial charge is 0.506 e. The molecule has 3 aromatic heterocycles. The molecular formula is C17H16ClN5O2. The van der Waals surface area contributed by atoms with Crippen molar-refractivity contribution in [2.45, 2.75) is 31.4 Å². The number of fused-ring (bicyclic) bond motifs is 1. The van der Waals surface area contributed by atoms with Crippen LogP contribution in [0.1, 0.15) is 19.8 Å². The average molecular weight is 358 g/mol. The molecule has 7 nitrogen and oxygen atoms in total. The quantitative estimate of drug-likeness (QED) is 0.662. The van der Waals surface area contributed by atoms with E-state index in [1.807, 2.05) is 13.0 Å². The van der Waals surface area contributed by atoms with Crippen molar-refractivity contribution < 1.29 is 10.2 Å². The number of hydrogen-bond acceptors (Lipinski definition) is 7. The van der Waals surface area contributed by atoms with Crippen molar-refractivity contribution >= 4 is 28.3 Å². The molecule has 0 aliphatic heterocycles. The molecule has 0 bridgehead atoms. The van der Waals surface area contributed by atoms with E-state index in [0.29, 0.717) is 40.6 Å². The van der Waals surface area contributed by atoms with Crippen molar-refractivity contribution in [3.63, 3.8) is 0 Å². The van der Waals surface area contributed by atoms with E-state index < -0.39 is 5.60 Å². The molecular weight excluding hydrogens is 342 g/mol. The van der Waals surface area contributed by atoms with E-state index in [1.54, 1.807) is 12.3 Å². The number of pyridine rings is 2. The molecule has 0 spiro atoms. The van der Waals surface area contributed by atoms with E-state index in [1.165, 1.54) is 12.3 Å². The summed E-state index contributed by atoms with van der Waals surface area (Å²) in [5.74, 6) is 0.482. The standard InChI is InChI=1S/C17H16ClN5O2/c1-17(25)6-10(7-17)21-16-14-11(3-2-4-19-14)13(22-23-16)15-12(24)5-9(18)8-20-15/h2-5,8,10,24-25H,6-7H2,1H3,(H,21,23). The van der Waals surface area contributed by atoms with Gasteiger partial charge in [-0.2, -0.15) is 0 Å². The summed E-state index contributed by atoms with van der Waals surface area (Å²) in [6.07, 6.45) is 4.41. The molecule has 3 N–H and O–H groups in total. The highest BCUT2D eigenvalue weighted by Crippen LogP contribution is 2.36. The van der Waals surface area contributed by atoms with Crippen molar-refractivity contribution in [2.24, 2.45) is 0 Å². The van der Waals surface area contributed by atoms with Gasteiger partial charge in [0.05, 0.1) is 10.6 Å². The van der Waals surface area contributed by atoms with Gasteiger partial charge in [-0.15, -0.1) is 10.2 Å². The smallest absolute Gasteiger partial charge is 0.175 e. The molecule has 25 heavy (non-hydrogen) atoms. The summed E-state index contributed by atoms with van der Waals surface area (Å²) in [6, 6.07) is 5.18. The first-order chi connectivity index (χ1) is 11.9. The number of aliphatic hydroxyl groups is 1. The molecule has 4 rings (SSSR count). The molecule has 0 unspecified atom stereocenters. The predicted octanol–water partition coefficient (Wildman–Crippen LogP) is 2.77. The van der Waals surface area contributed by atoms with E-state index in [2.05, 4.69) is 25.5 Å². The molecule has 1 aliphatic rings.